The summed E-state index contributed by atoms with van der Waals surface area (Å²) in [6, 6.07) is 0. The van der Waals surface area contributed by atoms with Crippen molar-refractivity contribution >= 4 is 0 Å². The molecule has 1 heterocycles. The summed E-state index contributed by atoms with van der Waals surface area (Å²) in [5.41, 5.74) is 0. The summed E-state index contributed by atoms with van der Waals surface area (Å²) in [4.78, 5) is 0. The lowest BCUT2D eigenvalue weighted by Crippen LogP contribution is -2.37. The summed E-state index contributed by atoms with van der Waals surface area (Å²) < 4.78 is 5.25. The first kappa shape index (κ1) is 35.2. The van der Waals surface area contributed by atoms with Crippen molar-refractivity contribution in [2.75, 3.05) is 0 Å². The van der Waals surface area contributed by atoms with Crippen LogP contribution in [-0.4, -0.2) is 4.57 Å². The Bertz CT molecular complexity index is 590. The Morgan fingerprint density at radius 3 is 1.26 bits per heavy atom. The lowest BCUT2D eigenvalue weighted by molar-refractivity contribution is -0.704. The van der Waals surface area contributed by atoms with Gasteiger partial charge in [0.25, 0.3) is 5.82 Å². The molecule has 224 valence electrons. The number of aromatic nitrogens is 2. The van der Waals surface area contributed by atoms with E-state index >= 15 is 0 Å². The Morgan fingerprint density at radius 2 is 0.816 bits per heavy atom. The lowest BCUT2D eigenvalue weighted by atomic mass is 10.1. The molecule has 1 aromatic rings. The van der Waals surface area contributed by atoms with E-state index in [1.54, 1.807) is 5.82 Å². The van der Waals surface area contributed by atoms with Gasteiger partial charge in [-0.1, -0.05) is 162 Å². The molecule has 0 fully saturated rings. The van der Waals surface area contributed by atoms with Gasteiger partial charge in [0.15, 0.2) is 0 Å². The Morgan fingerprint density at radius 1 is 0.447 bits per heavy atom. The van der Waals surface area contributed by atoms with Crippen LogP contribution in [0.3, 0.4) is 0 Å². The predicted octanol–water partition coefficient (Wildman–Crippen LogP) is 11.9. The van der Waals surface area contributed by atoms with E-state index in [0.29, 0.717) is 0 Å². The van der Waals surface area contributed by atoms with Gasteiger partial charge >= 0.3 is 0 Å². The number of aryl methyl sites for hydroxylation is 2. The highest BCUT2D eigenvalue weighted by Gasteiger charge is 2.16. The number of hydrogen-bond donors (Lipinski definition) is 0. The molecule has 0 N–H and O–H groups in total. The molecular weight excluding hydrogens is 460 g/mol. The smallest absolute Gasteiger partial charge is 0.234 e. The highest BCUT2D eigenvalue weighted by molar-refractivity contribution is 4.84. The monoisotopic (exact) mass is 532 g/mol. The van der Waals surface area contributed by atoms with E-state index < -0.39 is 0 Å². The van der Waals surface area contributed by atoms with Gasteiger partial charge in [0.2, 0.25) is 0 Å². The molecule has 0 spiro atoms. The Labute approximate surface area is 240 Å². The zero-order valence-electron chi connectivity index (χ0n) is 26.8. The third-order valence-corrected chi connectivity index (χ3v) is 8.60. The number of hydrogen-bond acceptors (Lipinski definition) is 0. The molecule has 0 unspecified atom stereocenters. The van der Waals surface area contributed by atoms with Crippen molar-refractivity contribution in [3.05, 3.63) is 18.2 Å². The third-order valence-electron chi connectivity index (χ3n) is 8.60. The second-order valence-corrected chi connectivity index (χ2v) is 12.3. The fraction of sp³-hybridized carbons (Fsp3) is 0.917. The minimum absolute atomic E-state index is 1.23. The van der Waals surface area contributed by atoms with Crippen LogP contribution in [0.1, 0.15) is 200 Å². The molecule has 0 bridgehead atoms. The molecule has 2 heteroatoms. The van der Waals surface area contributed by atoms with Gasteiger partial charge < -0.3 is 0 Å². The van der Waals surface area contributed by atoms with Crippen LogP contribution in [0, 0.1) is 0 Å². The van der Waals surface area contributed by atoms with Crippen molar-refractivity contribution in [2.45, 2.75) is 214 Å². The zero-order valence-corrected chi connectivity index (χ0v) is 26.8. The number of nitrogens with zero attached hydrogens (tertiary/aromatic N) is 2. The summed E-state index contributed by atoms with van der Waals surface area (Å²) in [6.07, 6.45) is 44.4. The second kappa shape index (κ2) is 27.8. The maximum atomic E-state index is 2.62. The SMILES string of the molecule is CCCCCCCCCCCCc1n(CCCCCCCCC)cc[n+]1CCCCCCCCCCCC. The fourth-order valence-electron chi connectivity index (χ4n) is 5.97. The quantitative estimate of drug-likeness (QED) is 0.0689. The summed E-state index contributed by atoms with van der Waals surface area (Å²) in [6.45, 7) is 9.39. The van der Waals surface area contributed by atoms with Crippen LogP contribution >= 0.6 is 0 Å². The zero-order chi connectivity index (χ0) is 27.4. The summed E-state index contributed by atoms with van der Waals surface area (Å²) in [5, 5.41) is 0. The minimum atomic E-state index is 1.23. The van der Waals surface area contributed by atoms with Gasteiger partial charge in [-0.05, 0) is 32.1 Å². The molecule has 0 aromatic carbocycles. The molecule has 2 nitrogen and oxygen atoms in total. The maximum absolute atomic E-state index is 2.62. The van der Waals surface area contributed by atoms with Gasteiger partial charge in [0.1, 0.15) is 12.4 Å². The summed E-state index contributed by atoms with van der Waals surface area (Å²) in [7, 11) is 0. The molecular formula is C36H71N2+. The molecule has 38 heavy (non-hydrogen) atoms. The first-order chi connectivity index (χ1) is 18.8. The third kappa shape index (κ3) is 20.2. The highest BCUT2D eigenvalue weighted by atomic mass is 15.1. The van der Waals surface area contributed by atoms with E-state index in [2.05, 4.69) is 42.3 Å². The van der Waals surface area contributed by atoms with E-state index in [0.717, 1.165) is 0 Å². The van der Waals surface area contributed by atoms with Crippen LogP contribution in [0.5, 0.6) is 0 Å². The Hall–Kier alpha value is -0.790. The average molecular weight is 532 g/mol. The van der Waals surface area contributed by atoms with Gasteiger partial charge in [0, 0.05) is 6.42 Å². The molecule has 0 atom stereocenters. The summed E-state index contributed by atoms with van der Waals surface area (Å²) >= 11 is 0. The van der Waals surface area contributed by atoms with Gasteiger partial charge in [-0.3, -0.25) is 0 Å². The van der Waals surface area contributed by atoms with Crippen LogP contribution in [0.2, 0.25) is 0 Å². The van der Waals surface area contributed by atoms with Gasteiger partial charge in [-0.2, -0.15) is 0 Å². The van der Waals surface area contributed by atoms with Crippen LogP contribution in [-0.2, 0) is 19.5 Å². The maximum Gasteiger partial charge on any atom is 0.256 e. The number of imidazole rings is 1. The van der Waals surface area contributed by atoms with Crippen molar-refractivity contribution in [3.63, 3.8) is 0 Å². The van der Waals surface area contributed by atoms with E-state index in [4.69, 9.17) is 0 Å². The minimum Gasteiger partial charge on any atom is -0.234 e. The van der Waals surface area contributed by atoms with E-state index in [1.807, 2.05) is 0 Å². The molecule has 0 aliphatic rings. The molecule has 0 amide bonds. The molecule has 1 aromatic heterocycles. The molecule has 0 saturated heterocycles. The Kier molecular flexibility index (Phi) is 25.7. The number of unbranched alkanes of at least 4 members (excludes halogenated alkanes) is 24. The van der Waals surface area contributed by atoms with Crippen molar-refractivity contribution in [1.82, 2.24) is 4.57 Å². The van der Waals surface area contributed by atoms with Crippen LogP contribution in [0.4, 0.5) is 0 Å². The largest absolute Gasteiger partial charge is 0.256 e. The standard InChI is InChI=1S/C36H71N2/c1-4-7-10-13-16-18-20-22-25-28-31-36-37(32-29-26-23-15-12-9-6-3)34-35-38(36)33-30-27-24-21-19-17-14-11-8-5-2/h34-35H,4-33H2,1-3H3/q+1. The van der Waals surface area contributed by atoms with E-state index in [9.17, 15) is 0 Å². The highest BCUT2D eigenvalue weighted by Crippen LogP contribution is 2.14. The fourth-order valence-corrected chi connectivity index (χ4v) is 5.97. The summed E-state index contributed by atoms with van der Waals surface area (Å²) in [5.74, 6) is 1.62. The molecule has 0 radical (unpaired) electrons. The molecule has 0 aliphatic heterocycles. The normalized spacial score (nSPS) is 11.6. The van der Waals surface area contributed by atoms with Crippen molar-refractivity contribution in [3.8, 4) is 0 Å². The van der Waals surface area contributed by atoms with Gasteiger partial charge in [-0.15, -0.1) is 0 Å². The lowest BCUT2D eigenvalue weighted by Gasteiger charge is -2.07. The van der Waals surface area contributed by atoms with Gasteiger partial charge in [0.05, 0.1) is 13.1 Å². The van der Waals surface area contributed by atoms with Crippen molar-refractivity contribution in [1.29, 1.82) is 0 Å². The molecule has 0 saturated carbocycles. The first-order valence-corrected chi connectivity index (χ1v) is 17.9. The van der Waals surface area contributed by atoms with E-state index in [1.165, 1.54) is 193 Å². The van der Waals surface area contributed by atoms with E-state index in [-0.39, 0.29) is 0 Å². The first-order valence-electron chi connectivity index (χ1n) is 17.9. The van der Waals surface area contributed by atoms with Crippen LogP contribution in [0.15, 0.2) is 12.4 Å². The molecule has 0 aliphatic carbocycles. The second-order valence-electron chi connectivity index (χ2n) is 12.3. The average Bonchev–Trinajstić information content (AvgIpc) is 3.31. The van der Waals surface area contributed by atoms with Crippen molar-refractivity contribution < 1.29 is 4.57 Å². The topological polar surface area (TPSA) is 8.81 Å². The number of rotatable bonds is 30. The molecule has 1 rings (SSSR count). The van der Waals surface area contributed by atoms with Crippen molar-refractivity contribution in [2.24, 2.45) is 0 Å². The predicted molar refractivity (Wildman–Crippen MR) is 170 cm³/mol. The van der Waals surface area contributed by atoms with Crippen LogP contribution in [0.25, 0.3) is 0 Å². The van der Waals surface area contributed by atoms with Crippen LogP contribution < -0.4 is 4.57 Å². The van der Waals surface area contributed by atoms with Gasteiger partial charge in [-0.25, -0.2) is 9.13 Å². The Balaban J connectivity index is 2.33.